The number of methoxy groups -OCH3 is 1. The highest BCUT2D eigenvalue weighted by atomic mass is 16.5. The van der Waals surface area contributed by atoms with E-state index in [1.54, 1.807) is 25.2 Å². The molecule has 0 N–H and O–H groups in total. The van der Waals surface area contributed by atoms with Crippen LogP contribution >= 0.6 is 0 Å². The monoisotopic (exact) mass is 192 g/mol. The average Bonchev–Trinajstić information content (AvgIpc) is 2.25. The molecule has 0 heterocycles. The normalized spacial score (nSPS) is 10.4. The van der Waals surface area contributed by atoms with Crippen LogP contribution in [-0.2, 0) is 11.3 Å². The van der Waals surface area contributed by atoms with E-state index >= 15 is 0 Å². The third kappa shape index (κ3) is 2.65. The van der Waals surface area contributed by atoms with Crippen LogP contribution in [0.5, 0.6) is 0 Å². The van der Waals surface area contributed by atoms with Gasteiger partial charge in [0, 0.05) is 7.05 Å². The van der Waals surface area contributed by atoms with Crippen molar-refractivity contribution in [2.45, 2.75) is 6.54 Å². The van der Waals surface area contributed by atoms with Gasteiger partial charge >= 0.3 is 5.97 Å². The standard InChI is InChI=1S/C10H12N2O2/c1-11-12-7-8-4-3-5-9(6-8)10(13)14-2/h3-6H,7H2,1-2H3. The number of hydrogen-bond donors (Lipinski definition) is 0. The predicted molar refractivity (Wildman–Crippen MR) is 52.3 cm³/mol. The Hall–Kier alpha value is -1.71. The van der Waals surface area contributed by atoms with Gasteiger partial charge in [0.05, 0.1) is 19.2 Å². The van der Waals surface area contributed by atoms with E-state index in [0.29, 0.717) is 12.1 Å². The molecule has 0 aliphatic rings. The molecule has 0 aliphatic heterocycles. The summed E-state index contributed by atoms with van der Waals surface area (Å²) in [6, 6.07) is 7.15. The molecular weight excluding hydrogens is 180 g/mol. The first-order valence-electron chi connectivity index (χ1n) is 4.20. The topological polar surface area (TPSA) is 51.0 Å². The maximum absolute atomic E-state index is 11.2. The van der Waals surface area contributed by atoms with Gasteiger partial charge in [0.25, 0.3) is 0 Å². The van der Waals surface area contributed by atoms with Crippen LogP contribution in [0.1, 0.15) is 15.9 Å². The molecule has 1 aromatic rings. The van der Waals surface area contributed by atoms with Gasteiger partial charge in [0.15, 0.2) is 0 Å². The van der Waals surface area contributed by atoms with Gasteiger partial charge in [-0.2, -0.15) is 10.2 Å². The summed E-state index contributed by atoms with van der Waals surface area (Å²) in [5, 5.41) is 7.48. The predicted octanol–water partition coefficient (Wildman–Crippen LogP) is 2.06. The highest BCUT2D eigenvalue weighted by Crippen LogP contribution is 2.07. The fourth-order valence-electron chi connectivity index (χ4n) is 1.07. The van der Waals surface area contributed by atoms with Crippen molar-refractivity contribution in [1.82, 2.24) is 0 Å². The van der Waals surface area contributed by atoms with E-state index in [0.717, 1.165) is 5.56 Å². The lowest BCUT2D eigenvalue weighted by molar-refractivity contribution is 0.0600. The summed E-state index contributed by atoms with van der Waals surface area (Å²) in [6.45, 7) is 0.487. The van der Waals surface area contributed by atoms with Gasteiger partial charge in [-0.25, -0.2) is 4.79 Å². The van der Waals surface area contributed by atoms with Gasteiger partial charge in [-0.15, -0.1) is 0 Å². The van der Waals surface area contributed by atoms with Gasteiger partial charge in [-0.1, -0.05) is 12.1 Å². The minimum atomic E-state index is -0.333. The molecule has 4 heteroatoms. The molecule has 74 valence electrons. The van der Waals surface area contributed by atoms with Crippen molar-refractivity contribution in [3.05, 3.63) is 35.4 Å². The van der Waals surface area contributed by atoms with Gasteiger partial charge in [-0.05, 0) is 17.7 Å². The van der Waals surface area contributed by atoms with Crippen molar-refractivity contribution in [2.75, 3.05) is 14.2 Å². The Labute approximate surface area is 82.6 Å². The first kappa shape index (κ1) is 10.4. The van der Waals surface area contributed by atoms with E-state index in [1.807, 2.05) is 6.07 Å². The molecule has 4 nitrogen and oxygen atoms in total. The first-order chi connectivity index (χ1) is 6.77. The fraction of sp³-hybridized carbons (Fsp3) is 0.300. The summed E-state index contributed by atoms with van der Waals surface area (Å²) in [6.07, 6.45) is 0. The largest absolute Gasteiger partial charge is 0.465 e. The van der Waals surface area contributed by atoms with E-state index in [9.17, 15) is 4.79 Å². The molecule has 0 saturated carbocycles. The number of azo groups is 1. The maximum Gasteiger partial charge on any atom is 0.337 e. The van der Waals surface area contributed by atoms with Crippen molar-refractivity contribution in [3.8, 4) is 0 Å². The van der Waals surface area contributed by atoms with E-state index in [2.05, 4.69) is 15.0 Å². The molecule has 0 aliphatic carbocycles. The zero-order chi connectivity index (χ0) is 10.4. The summed E-state index contributed by atoms with van der Waals surface area (Å²) in [5.41, 5.74) is 1.48. The smallest absolute Gasteiger partial charge is 0.337 e. The Morgan fingerprint density at radius 3 is 2.93 bits per heavy atom. The summed E-state index contributed by atoms with van der Waals surface area (Å²) in [7, 11) is 2.98. The third-order valence-corrected chi connectivity index (χ3v) is 1.74. The van der Waals surface area contributed by atoms with Crippen LogP contribution in [0, 0.1) is 0 Å². The van der Waals surface area contributed by atoms with Crippen molar-refractivity contribution >= 4 is 5.97 Å². The van der Waals surface area contributed by atoms with Crippen molar-refractivity contribution in [3.63, 3.8) is 0 Å². The Bertz CT molecular complexity index is 348. The third-order valence-electron chi connectivity index (χ3n) is 1.74. The number of ether oxygens (including phenoxy) is 1. The van der Waals surface area contributed by atoms with E-state index in [-0.39, 0.29) is 5.97 Å². The molecule has 0 amide bonds. The highest BCUT2D eigenvalue weighted by molar-refractivity contribution is 5.89. The number of benzene rings is 1. The van der Waals surface area contributed by atoms with Crippen molar-refractivity contribution < 1.29 is 9.53 Å². The zero-order valence-corrected chi connectivity index (χ0v) is 8.23. The lowest BCUT2D eigenvalue weighted by atomic mass is 10.1. The van der Waals surface area contributed by atoms with Gasteiger partial charge in [0.1, 0.15) is 0 Å². The minimum Gasteiger partial charge on any atom is -0.465 e. The van der Waals surface area contributed by atoms with E-state index in [1.165, 1.54) is 7.11 Å². The Morgan fingerprint density at radius 2 is 2.29 bits per heavy atom. The SMILES string of the molecule is CN=NCc1cccc(C(=O)OC)c1. The highest BCUT2D eigenvalue weighted by Gasteiger charge is 2.04. The number of carbonyl (C=O) groups is 1. The lowest BCUT2D eigenvalue weighted by Gasteiger charge is -2.00. The second-order valence-corrected chi connectivity index (χ2v) is 2.69. The molecule has 0 unspecified atom stereocenters. The molecule has 14 heavy (non-hydrogen) atoms. The quantitative estimate of drug-likeness (QED) is 0.543. The van der Waals surface area contributed by atoms with Crippen LogP contribution in [0.4, 0.5) is 0 Å². The van der Waals surface area contributed by atoms with Crippen LogP contribution < -0.4 is 0 Å². The summed E-state index contributed by atoms with van der Waals surface area (Å²) >= 11 is 0. The van der Waals surface area contributed by atoms with Crippen LogP contribution in [-0.4, -0.2) is 20.1 Å². The van der Waals surface area contributed by atoms with Crippen molar-refractivity contribution in [1.29, 1.82) is 0 Å². The van der Waals surface area contributed by atoms with E-state index < -0.39 is 0 Å². The first-order valence-corrected chi connectivity index (χ1v) is 4.20. The molecule has 0 radical (unpaired) electrons. The number of rotatable bonds is 3. The zero-order valence-electron chi connectivity index (χ0n) is 8.23. The lowest BCUT2D eigenvalue weighted by Crippen LogP contribution is -2.01. The summed E-state index contributed by atoms with van der Waals surface area (Å²) in [5.74, 6) is -0.333. The second-order valence-electron chi connectivity index (χ2n) is 2.69. The molecule has 0 saturated heterocycles. The van der Waals surface area contributed by atoms with Crippen LogP contribution in [0.15, 0.2) is 34.5 Å². The Balaban J connectivity index is 2.83. The summed E-state index contributed by atoms with van der Waals surface area (Å²) in [4.78, 5) is 11.2. The average molecular weight is 192 g/mol. The summed E-state index contributed by atoms with van der Waals surface area (Å²) < 4.78 is 4.60. The number of nitrogens with zero attached hydrogens (tertiary/aromatic N) is 2. The molecule has 1 aromatic carbocycles. The minimum absolute atomic E-state index is 0.333. The van der Waals surface area contributed by atoms with Gasteiger partial charge in [-0.3, -0.25) is 0 Å². The fourth-order valence-corrected chi connectivity index (χ4v) is 1.07. The maximum atomic E-state index is 11.2. The molecule has 0 fully saturated rings. The number of carbonyl (C=O) groups excluding carboxylic acids is 1. The number of esters is 1. The molecule has 0 spiro atoms. The molecule has 1 rings (SSSR count). The second kappa shape index (κ2) is 5.11. The molecular formula is C10H12N2O2. The van der Waals surface area contributed by atoms with E-state index in [4.69, 9.17) is 0 Å². The van der Waals surface area contributed by atoms with Crippen LogP contribution in [0.3, 0.4) is 0 Å². The van der Waals surface area contributed by atoms with Crippen LogP contribution in [0.2, 0.25) is 0 Å². The Kier molecular flexibility index (Phi) is 3.79. The van der Waals surface area contributed by atoms with Gasteiger partial charge in [0.2, 0.25) is 0 Å². The number of hydrogen-bond acceptors (Lipinski definition) is 4. The van der Waals surface area contributed by atoms with Crippen molar-refractivity contribution in [2.24, 2.45) is 10.2 Å². The van der Waals surface area contributed by atoms with Crippen LogP contribution in [0.25, 0.3) is 0 Å². The molecule has 0 bridgehead atoms. The molecule has 0 aromatic heterocycles. The Morgan fingerprint density at radius 1 is 1.50 bits per heavy atom. The molecule has 0 atom stereocenters. The van der Waals surface area contributed by atoms with Gasteiger partial charge < -0.3 is 4.74 Å².